The third-order valence-corrected chi connectivity index (χ3v) is 5.44. The van der Waals surface area contributed by atoms with Gasteiger partial charge in [0.15, 0.2) is 0 Å². The largest absolute Gasteiger partial charge is 0.325 e. The molecule has 2 aliphatic rings. The van der Waals surface area contributed by atoms with Gasteiger partial charge in [0.2, 0.25) is 5.91 Å². The van der Waals surface area contributed by atoms with Crippen molar-refractivity contribution in [1.82, 2.24) is 0 Å². The lowest BCUT2D eigenvalue weighted by atomic mass is 9.92. The monoisotopic (exact) mass is 341 g/mol. The first-order chi connectivity index (χ1) is 10.2. The molecular formula is C18H16BrNO. The van der Waals surface area contributed by atoms with E-state index in [1.165, 1.54) is 0 Å². The molecule has 106 valence electrons. The Morgan fingerprint density at radius 2 is 1.86 bits per heavy atom. The quantitative estimate of drug-likeness (QED) is 0.784. The lowest BCUT2D eigenvalue weighted by Crippen LogP contribution is -2.25. The van der Waals surface area contributed by atoms with Crippen molar-refractivity contribution >= 4 is 38.3 Å². The number of benzene rings is 2. The van der Waals surface area contributed by atoms with E-state index in [2.05, 4.69) is 45.5 Å². The zero-order valence-corrected chi connectivity index (χ0v) is 13.1. The second kappa shape index (κ2) is 4.99. The van der Waals surface area contributed by atoms with E-state index in [9.17, 15) is 4.79 Å². The Morgan fingerprint density at radius 1 is 1.05 bits per heavy atom. The molecule has 1 N–H and O–H groups in total. The molecule has 0 radical (unpaired) electrons. The van der Waals surface area contributed by atoms with Crippen LogP contribution >= 0.6 is 15.9 Å². The topological polar surface area (TPSA) is 29.1 Å². The molecule has 0 saturated heterocycles. The summed E-state index contributed by atoms with van der Waals surface area (Å²) >= 11 is 3.57. The molecule has 2 bridgehead atoms. The number of allylic oxidation sites excluding steroid dienone is 2. The molecule has 0 heterocycles. The van der Waals surface area contributed by atoms with Crippen LogP contribution in [0, 0.1) is 17.8 Å². The molecule has 3 unspecified atom stereocenters. The van der Waals surface area contributed by atoms with Gasteiger partial charge in [-0.15, -0.1) is 0 Å². The predicted octanol–water partition coefficient (Wildman–Crippen LogP) is 4.75. The normalized spacial score (nSPS) is 26.4. The number of anilines is 1. The molecule has 1 amide bonds. The highest BCUT2D eigenvalue weighted by atomic mass is 79.9. The fourth-order valence-electron chi connectivity index (χ4n) is 3.68. The first-order valence-corrected chi connectivity index (χ1v) is 8.18. The van der Waals surface area contributed by atoms with Crippen molar-refractivity contribution < 1.29 is 4.79 Å². The smallest absolute Gasteiger partial charge is 0.228 e. The molecule has 4 rings (SSSR count). The molecule has 3 atom stereocenters. The second-order valence-electron chi connectivity index (χ2n) is 6.02. The number of carbonyl (C=O) groups excluding carboxylic acids is 1. The number of hydrogen-bond donors (Lipinski definition) is 1. The Labute approximate surface area is 132 Å². The maximum absolute atomic E-state index is 12.6. The van der Waals surface area contributed by atoms with Crippen LogP contribution in [0.25, 0.3) is 10.8 Å². The summed E-state index contributed by atoms with van der Waals surface area (Å²) in [7, 11) is 0. The summed E-state index contributed by atoms with van der Waals surface area (Å²) in [6, 6.07) is 12.1. The van der Waals surface area contributed by atoms with Crippen LogP contribution in [0.1, 0.15) is 12.8 Å². The van der Waals surface area contributed by atoms with Crippen LogP contribution in [0.4, 0.5) is 5.69 Å². The van der Waals surface area contributed by atoms with E-state index in [-0.39, 0.29) is 11.8 Å². The molecule has 0 spiro atoms. The van der Waals surface area contributed by atoms with Crippen molar-refractivity contribution in [2.24, 2.45) is 17.8 Å². The summed E-state index contributed by atoms with van der Waals surface area (Å²) in [6.45, 7) is 0. The molecule has 2 aromatic carbocycles. The fourth-order valence-corrected chi connectivity index (χ4v) is 4.16. The summed E-state index contributed by atoms with van der Waals surface area (Å²) in [5.41, 5.74) is 0.908. The van der Waals surface area contributed by atoms with Crippen LogP contribution in [-0.2, 0) is 4.79 Å². The van der Waals surface area contributed by atoms with Crippen LogP contribution in [-0.4, -0.2) is 5.91 Å². The zero-order chi connectivity index (χ0) is 14.4. The Kier molecular flexibility index (Phi) is 3.11. The highest BCUT2D eigenvalue weighted by Crippen LogP contribution is 2.44. The van der Waals surface area contributed by atoms with Gasteiger partial charge < -0.3 is 5.32 Å². The number of halogens is 1. The van der Waals surface area contributed by atoms with Crippen molar-refractivity contribution in [3.05, 3.63) is 53.0 Å². The third kappa shape index (κ3) is 2.20. The maximum atomic E-state index is 12.6. The minimum atomic E-state index is 0.141. The van der Waals surface area contributed by atoms with E-state index < -0.39 is 0 Å². The zero-order valence-electron chi connectivity index (χ0n) is 11.6. The highest BCUT2D eigenvalue weighted by molar-refractivity contribution is 9.10. The number of rotatable bonds is 2. The summed E-state index contributed by atoms with van der Waals surface area (Å²) in [6.07, 6.45) is 6.64. The second-order valence-corrected chi connectivity index (χ2v) is 6.87. The molecule has 1 fully saturated rings. The summed E-state index contributed by atoms with van der Waals surface area (Å²) in [5.74, 6) is 1.37. The predicted molar refractivity (Wildman–Crippen MR) is 89.1 cm³/mol. The summed E-state index contributed by atoms with van der Waals surface area (Å²) in [4.78, 5) is 12.6. The molecule has 0 aromatic heterocycles. The van der Waals surface area contributed by atoms with Gasteiger partial charge in [-0.05, 0) is 42.2 Å². The summed E-state index contributed by atoms with van der Waals surface area (Å²) < 4.78 is 1.05. The standard InChI is InChI=1S/C18H16BrNO/c19-16-7-8-17(14-4-2-1-3-13(14)16)20-18(21)15-10-11-5-6-12(15)9-11/h1-8,11-12,15H,9-10H2,(H,20,21). The lowest BCUT2D eigenvalue weighted by Gasteiger charge is -2.18. The van der Waals surface area contributed by atoms with Gasteiger partial charge in [0.1, 0.15) is 0 Å². The van der Waals surface area contributed by atoms with Crippen LogP contribution < -0.4 is 5.32 Å². The van der Waals surface area contributed by atoms with Crippen LogP contribution in [0.2, 0.25) is 0 Å². The number of fused-ring (bicyclic) bond motifs is 3. The van der Waals surface area contributed by atoms with E-state index in [0.29, 0.717) is 11.8 Å². The van der Waals surface area contributed by atoms with Crippen LogP contribution in [0.15, 0.2) is 53.0 Å². The number of carbonyl (C=O) groups is 1. The minimum absolute atomic E-state index is 0.141. The van der Waals surface area contributed by atoms with Gasteiger partial charge in [0, 0.05) is 21.5 Å². The number of nitrogens with one attached hydrogen (secondary N) is 1. The Hall–Kier alpha value is -1.61. The fraction of sp³-hybridized carbons (Fsp3) is 0.278. The van der Waals surface area contributed by atoms with E-state index in [4.69, 9.17) is 0 Å². The Morgan fingerprint density at radius 3 is 2.57 bits per heavy atom. The van der Waals surface area contributed by atoms with Crippen LogP contribution in [0.5, 0.6) is 0 Å². The Bertz CT molecular complexity index is 752. The lowest BCUT2D eigenvalue weighted by molar-refractivity contribution is -0.120. The minimum Gasteiger partial charge on any atom is -0.325 e. The van der Waals surface area contributed by atoms with Crippen molar-refractivity contribution in [3.8, 4) is 0 Å². The van der Waals surface area contributed by atoms with Gasteiger partial charge in [0.25, 0.3) is 0 Å². The van der Waals surface area contributed by atoms with Gasteiger partial charge in [-0.25, -0.2) is 0 Å². The van der Waals surface area contributed by atoms with Crippen molar-refractivity contribution in [2.75, 3.05) is 5.32 Å². The third-order valence-electron chi connectivity index (χ3n) is 4.74. The molecular weight excluding hydrogens is 326 g/mol. The van der Waals surface area contributed by atoms with E-state index in [1.807, 2.05) is 24.3 Å². The van der Waals surface area contributed by atoms with Crippen molar-refractivity contribution in [1.29, 1.82) is 0 Å². The molecule has 2 aliphatic carbocycles. The van der Waals surface area contributed by atoms with E-state index in [0.717, 1.165) is 33.8 Å². The first-order valence-electron chi connectivity index (χ1n) is 7.39. The molecule has 2 aromatic rings. The van der Waals surface area contributed by atoms with Crippen molar-refractivity contribution in [2.45, 2.75) is 12.8 Å². The maximum Gasteiger partial charge on any atom is 0.228 e. The Balaban J connectivity index is 1.64. The molecule has 21 heavy (non-hydrogen) atoms. The average Bonchev–Trinajstić information content (AvgIpc) is 3.13. The van der Waals surface area contributed by atoms with E-state index >= 15 is 0 Å². The van der Waals surface area contributed by atoms with Crippen LogP contribution in [0.3, 0.4) is 0 Å². The summed E-state index contributed by atoms with van der Waals surface area (Å²) in [5, 5.41) is 5.36. The molecule has 2 nitrogen and oxygen atoms in total. The highest BCUT2D eigenvalue weighted by Gasteiger charge is 2.39. The van der Waals surface area contributed by atoms with Gasteiger partial charge in [-0.2, -0.15) is 0 Å². The molecule has 0 aliphatic heterocycles. The number of hydrogen-bond acceptors (Lipinski definition) is 1. The van der Waals surface area contributed by atoms with Gasteiger partial charge >= 0.3 is 0 Å². The molecule has 1 saturated carbocycles. The van der Waals surface area contributed by atoms with Crippen molar-refractivity contribution in [3.63, 3.8) is 0 Å². The van der Waals surface area contributed by atoms with E-state index in [1.54, 1.807) is 0 Å². The first kappa shape index (κ1) is 13.1. The van der Waals surface area contributed by atoms with Gasteiger partial charge in [0.05, 0.1) is 0 Å². The SMILES string of the molecule is O=C(Nc1ccc(Br)c2ccccc12)C1CC2C=CC1C2. The van der Waals surface area contributed by atoms with Gasteiger partial charge in [-0.3, -0.25) is 4.79 Å². The average molecular weight is 342 g/mol. The van der Waals surface area contributed by atoms with Gasteiger partial charge in [-0.1, -0.05) is 52.3 Å². The number of amides is 1. The molecule has 3 heteroatoms.